The number of hydrogen-bond acceptors (Lipinski definition) is 4. The molecule has 0 radical (unpaired) electrons. The summed E-state index contributed by atoms with van der Waals surface area (Å²) in [6.45, 7) is 0. The predicted molar refractivity (Wildman–Crippen MR) is 63.3 cm³/mol. The van der Waals surface area contributed by atoms with Crippen molar-refractivity contribution in [3.63, 3.8) is 0 Å². The van der Waals surface area contributed by atoms with Gasteiger partial charge in [0.2, 0.25) is 5.95 Å². The van der Waals surface area contributed by atoms with Gasteiger partial charge in [0.15, 0.2) is 9.84 Å². The van der Waals surface area contributed by atoms with Gasteiger partial charge in [-0.15, -0.1) is 0 Å². The van der Waals surface area contributed by atoms with Gasteiger partial charge in [0.25, 0.3) is 5.91 Å². The number of carbonyl (C=O) groups is 1. The minimum Gasteiger partial charge on any atom is -0.348 e. The summed E-state index contributed by atoms with van der Waals surface area (Å²) < 4.78 is 35.4. The molecule has 0 bridgehead atoms. The summed E-state index contributed by atoms with van der Waals surface area (Å²) in [5.74, 6) is -0.943. The number of carbonyl (C=O) groups excluding carboxylic acids is 1. The van der Waals surface area contributed by atoms with Gasteiger partial charge in [-0.25, -0.2) is 13.4 Å². The summed E-state index contributed by atoms with van der Waals surface area (Å²) in [5.41, 5.74) is 0.222. The molecule has 18 heavy (non-hydrogen) atoms. The van der Waals surface area contributed by atoms with Gasteiger partial charge in [-0.05, 0) is 25.0 Å². The third kappa shape index (κ3) is 3.25. The summed E-state index contributed by atoms with van der Waals surface area (Å²) in [5, 5.41) is 2.63. The smallest absolute Gasteiger partial charge is 0.253 e. The fourth-order valence-electron chi connectivity index (χ4n) is 1.92. The second kappa shape index (κ2) is 5.01. The number of rotatable bonds is 2. The number of amides is 1. The van der Waals surface area contributed by atoms with Gasteiger partial charge < -0.3 is 5.32 Å². The topological polar surface area (TPSA) is 76.1 Å². The van der Waals surface area contributed by atoms with Crippen molar-refractivity contribution >= 4 is 15.7 Å². The molecule has 1 aliphatic rings. The molecule has 1 aromatic rings. The van der Waals surface area contributed by atoms with Crippen molar-refractivity contribution in [2.24, 2.45) is 0 Å². The molecule has 1 N–H and O–H groups in total. The molecule has 2 rings (SSSR count). The van der Waals surface area contributed by atoms with Gasteiger partial charge in [-0.2, -0.15) is 4.39 Å². The molecule has 1 fully saturated rings. The highest BCUT2D eigenvalue weighted by atomic mass is 32.2. The lowest BCUT2D eigenvalue weighted by Gasteiger charge is -2.22. The Morgan fingerprint density at radius 1 is 1.44 bits per heavy atom. The normalized spacial score (nSPS) is 22.4. The van der Waals surface area contributed by atoms with E-state index in [1.807, 2.05) is 0 Å². The Hall–Kier alpha value is -1.50. The number of aromatic nitrogens is 1. The Bertz CT molecular complexity index is 542. The van der Waals surface area contributed by atoms with Gasteiger partial charge in [-0.1, -0.05) is 0 Å². The van der Waals surface area contributed by atoms with Crippen LogP contribution in [0.5, 0.6) is 0 Å². The van der Waals surface area contributed by atoms with E-state index in [4.69, 9.17) is 0 Å². The monoisotopic (exact) mass is 272 g/mol. The zero-order valence-electron chi connectivity index (χ0n) is 9.60. The zero-order valence-corrected chi connectivity index (χ0v) is 10.4. The second-order valence-corrected chi connectivity index (χ2v) is 6.53. The second-order valence-electron chi connectivity index (χ2n) is 4.30. The van der Waals surface area contributed by atoms with Crippen molar-refractivity contribution in [3.8, 4) is 0 Å². The summed E-state index contributed by atoms with van der Waals surface area (Å²) in [4.78, 5) is 15.1. The van der Waals surface area contributed by atoms with Crippen LogP contribution in [0.2, 0.25) is 0 Å². The number of nitrogens with zero attached hydrogens (tertiary/aromatic N) is 1. The molecular weight excluding hydrogens is 259 g/mol. The highest BCUT2D eigenvalue weighted by Crippen LogP contribution is 2.12. The lowest BCUT2D eigenvalue weighted by Crippen LogP contribution is -2.43. The number of pyridine rings is 1. The van der Waals surface area contributed by atoms with Crippen LogP contribution in [0.1, 0.15) is 23.2 Å². The first-order valence-corrected chi connectivity index (χ1v) is 7.41. The van der Waals surface area contributed by atoms with Gasteiger partial charge in [-0.3, -0.25) is 4.79 Å². The van der Waals surface area contributed by atoms with Crippen molar-refractivity contribution in [1.82, 2.24) is 10.3 Å². The molecule has 0 spiro atoms. The molecular formula is C11H13FN2O3S. The Balaban J connectivity index is 2.01. The third-order valence-electron chi connectivity index (χ3n) is 2.79. The van der Waals surface area contributed by atoms with E-state index in [0.29, 0.717) is 12.8 Å². The van der Waals surface area contributed by atoms with E-state index < -0.39 is 21.7 Å². The molecule has 0 saturated carbocycles. The van der Waals surface area contributed by atoms with Gasteiger partial charge in [0.05, 0.1) is 17.1 Å². The molecule has 1 aliphatic heterocycles. The van der Waals surface area contributed by atoms with E-state index >= 15 is 0 Å². The summed E-state index contributed by atoms with van der Waals surface area (Å²) in [7, 11) is -3.06. The minimum atomic E-state index is -3.06. The average Bonchev–Trinajstić information content (AvgIpc) is 2.28. The van der Waals surface area contributed by atoms with Crippen molar-refractivity contribution in [2.75, 3.05) is 11.5 Å². The first-order valence-electron chi connectivity index (χ1n) is 5.59. The lowest BCUT2D eigenvalue weighted by molar-refractivity contribution is 0.0938. The predicted octanol–water partition coefficient (Wildman–Crippen LogP) is 0.528. The molecule has 1 amide bonds. The fourth-order valence-corrected chi connectivity index (χ4v) is 3.55. The highest BCUT2D eigenvalue weighted by Gasteiger charge is 2.26. The van der Waals surface area contributed by atoms with E-state index in [1.54, 1.807) is 0 Å². The van der Waals surface area contributed by atoms with Crippen LogP contribution in [-0.2, 0) is 9.84 Å². The van der Waals surface area contributed by atoms with Crippen molar-refractivity contribution in [3.05, 3.63) is 29.8 Å². The maximum absolute atomic E-state index is 12.6. The average molecular weight is 272 g/mol. The molecule has 1 aromatic heterocycles. The first kappa shape index (κ1) is 12.9. The molecule has 1 saturated heterocycles. The molecule has 98 valence electrons. The third-order valence-corrected chi connectivity index (χ3v) is 4.61. The maximum atomic E-state index is 12.6. The number of hydrogen-bond donors (Lipinski definition) is 1. The quantitative estimate of drug-likeness (QED) is 0.797. The SMILES string of the molecule is O=C(NC1CCCS(=O)(=O)C1)c1ccc(F)nc1. The minimum absolute atomic E-state index is 0.0344. The Morgan fingerprint density at radius 2 is 2.22 bits per heavy atom. The van der Waals surface area contributed by atoms with Crippen LogP contribution in [0, 0.1) is 5.95 Å². The van der Waals surface area contributed by atoms with Gasteiger partial charge in [0.1, 0.15) is 0 Å². The van der Waals surface area contributed by atoms with Crippen LogP contribution in [0.15, 0.2) is 18.3 Å². The first-order chi connectivity index (χ1) is 8.46. The van der Waals surface area contributed by atoms with E-state index in [1.165, 1.54) is 6.07 Å². The molecule has 2 heterocycles. The Labute approximate surface area is 104 Å². The number of sulfone groups is 1. The van der Waals surface area contributed by atoms with Gasteiger partial charge >= 0.3 is 0 Å². The van der Waals surface area contributed by atoms with E-state index in [-0.39, 0.29) is 23.1 Å². The van der Waals surface area contributed by atoms with Crippen molar-refractivity contribution < 1.29 is 17.6 Å². The Morgan fingerprint density at radius 3 is 2.83 bits per heavy atom. The standard InChI is InChI=1S/C11H13FN2O3S/c12-10-4-3-8(6-13-10)11(15)14-9-2-1-5-18(16,17)7-9/h3-4,6,9H,1-2,5,7H2,(H,14,15). The van der Waals surface area contributed by atoms with Crippen LogP contribution in [0.4, 0.5) is 4.39 Å². The van der Waals surface area contributed by atoms with Crippen LogP contribution in [0.25, 0.3) is 0 Å². The molecule has 5 nitrogen and oxygen atoms in total. The lowest BCUT2D eigenvalue weighted by atomic mass is 10.1. The van der Waals surface area contributed by atoms with Crippen LogP contribution in [0.3, 0.4) is 0 Å². The summed E-state index contributed by atoms with van der Waals surface area (Å²) >= 11 is 0. The molecule has 1 atom stereocenters. The maximum Gasteiger partial charge on any atom is 0.253 e. The highest BCUT2D eigenvalue weighted by molar-refractivity contribution is 7.91. The van der Waals surface area contributed by atoms with Gasteiger partial charge in [0, 0.05) is 12.2 Å². The Kier molecular flexibility index (Phi) is 3.60. The molecule has 7 heteroatoms. The molecule has 1 unspecified atom stereocenters. The largest absolute Gasteiger partial charge is 0.348 e. The number of halogens is 1. The molecule has 0 aliphatic carbocycles. The zero-order chi connectivity index (χ0) is 13.2. The number of nitrogens with one attached hydrogen (secondary N) is 1. The molecule has 0 aromatic carbocycles. The van der Waals surface area contributed by atoms with Crippen LogP contribution >= 0.6 is 0 Å². The summed E-state index contributed by atoms with van der Waals surface area (Å²) in [6, 6.07) is 2.03. The van der Waals surface area contributed by atoms with E-state index in [2.05, 4.69) is 10.3 Å². The van der Waals surface area contributed by atoms with Crippen molar-refractivity contribution in [1.29, 1.82) is 0 Å². The van der Waals surface area contributed by atoms with Crippen LogP contribution < -0.4 is 5.32 Å². The fraction of sp³-hybridized carbons (Fsp3) is 0.455. The van der Waals surface area contributed by atoms with E-state index in [0.717, 1.165) is 12.3 Å². The van der Waals surface area contributed by atoms with Crippen LogP contribution in [-0.4, -0.2) is 36.9 Å². The van der Waals surface area contributed by atoms with E-state index in [9.17, 15) is 17.6 Å². The summed E-state index contributed by atoms with van der Waals surface area (Å²) in [6.07, 6.45) is 2.32. The van der Waals surface area contributed by atoms with Crippen molar-refractivity contribution in [2.45, 2.75) is 18.9 Å².